The number of nitrogens with zero attached hydrogens (tertiary/aromatic N) is 5. The maximum absolute atomic E-state index is 5.58. The zero-order chi connectivity index (χ0) is 13.2. The number of fused-ring (bicyclic) bond motifs is 1. The molecule has 0 bridgehead atoms. The Morgan fingerprint density at radius 1 is 1.26 bits per heavy atom. The third kappa shape index (κ3) is 2.34. The fourth-order valence-corrected chi connectivity index (χ4v) is 2.25. The lowest BCUT2D eigenvalue weighted by Gasteiger charge is -2.03. The first-order chi connectivity index (χ1) is 9.26. The lowest BCUT2D eigenvalue weighted by molar-refractivity contribution is 0.626. The molecule has 98 valence electrons. The number of rotatable bonds is 4. The van der Waals surface area contributed by atoms with E-state index >= 15 is 0 Å². The molecule has 2 N–H and O–H groups in total. The minimum atomic E-state index is 0.633. The molecule has 0 aliphatic carbocycles. The van der Waals surface area contributed by atoms with Crippen LogP contribution in [0.5, 0.6) is 0 Å². The molecule has 0 saturated carbocycles. The second-order valence-corrected chi connectivity index (χ2v) is 4.57. The molecule has 0 atom stereocenters. The van der Waals surface area contributed by atoms with Crippen molar-refractivity contribution in [2.75, 3.05) is 6.54 Å². The zero-order valence-electron chi connectivity index (χ0n) is 10.8. The summed E-state index contributed by atoms with van der Waals surface area (Å²) in [6, 6.07) is 8.53. The third-order valence-electron chi connectivity index (χ3n) is 3.13. The van der Waals surface area contributed by atoms with Crippen LogP contribution < -0.4 is 5.73 Å². The predicted octanol–water partition coefficient (Wildman–Crippen LogP) is 0.714. The van der Waals surface area contributed by atoms with Crippen LogP contribution in [0, 0.1) is 0 Å². The topological polar surface area (TPSA) is 74.5 Å². The monoisotopic (exact) mass is 256 g/mol. The van der Waals surface area contributed by atoms with Gasteiger partial charge in [0.15, 0.2) is 5.82 Å². The first-order valence-corrected chi connectivity index (χ1v) is 6.27. The summed E-state index contributed by atoms with van der Waals surface area (Å²) in [5.41, 5.74) is 8.03. The van der Waals surface area contributed by atoms with Crippen LogP contribution in [0.2, 0.25) is 0 Å². The summed E-state index contributed by atoms with van der Waals surface area (Å²) in [6.45, 7) is 1.31. The van der Waals surface area contributed by atoms with Crippen LogP contribution in [0.4, 0.5) is 0 Å². The molecule has 0 unspecified atom stereocenters. The molecule has 19 heavy (non-hydrogen) atoms. The number of tetrazole rings is 1. The maximum Gasteiger partial charge on any atom is 0.194 e. The molecule has 0 saturated heterocycles. The van der Waals surface area contributed by atoms with Gasteiger partial charge >= 0.3 is 0 Å². The molecule has 0 amide bonds. The molecule has 0 aliphatic heterocycles. The number of hydrogen-bond donors (Lipinski definition) is 1. The van der Waals surface area contributed by atoms with E-state index in [1.54, 1.807) is 7.05 Å². The van der Waals surface area contributed by atoms with Gasteiger partial charge in [-0.15, -0.1) is 10.2 Å². The lowest BCUT2D eigenvalue weighted by Crippen LogP contribution is -2.03. The van der Waals surface area contributed by atoms with Crippen molar-refractivity contribution in [3.8, 4) is 0 Å². The van der Waals surface area contributed by atoms with Crippen LogP contribution in [0.1, 0.15) is 11.4 Å². The number of aryl methyl sites for hydroxylation is 1. The summed E-state index contributed by atoms with van der Waals surface area (Å²) in [6.07, 6.45) is 2.96. The van der Waals surface area contributed by atoms with Crippen LogP contribution >= 0.6 is 0 Å². The molecular weight excluding hydrogens is 240 g/mol. The van der Waals surface area contributed by atoms with E-state index in [9.17, 15) is 0 Å². The van der Waals surface area contributed by atoms with Crippen molar-refractivity contribution in [1.82, 2.24) is 24.8 Å². The molecular formula is C13H16N6. The van der Waals surface area contributed by atoms with Crippen molar-refractivity contribution in [2.45, 2.75) is 13.0 Å². The summed E-state index contributed by atoms with van der Waals surface area (Å²) >= 11 is 0. The Morgan fingerprint density at radius 2 is 2.16 bits per heavy atom. The van der Waals surface area contributed by atoms with Gasteiger partial charge in [0.2, 0.25) is 0 Å². The Hall–Kier alpha value is -2.21. The molecule has 0 spiro atoms. The first-order valence-electron chi connectivity index (χ1n) is 6.27. The van der Waals surface area contributed by atoms with Crippen LogP contribution in [-0.2, 0) is 20.0 Å². The SMILES string of the molecule is Cn1nnc(Cn2ccc3cc(CCN)ccc32)n1. The minimum Gasteiger partial charge on any atom is -0.340 e. The summed E-state index contributed by atoms with van der Waals surface area (Å²) < 4.78 is 2.12. The Morgan fingerprint density at radius 3 is 2.89 bits per heavy atom. The van der Waals surface area contributed by atoms with Crippen molar-refractivity contribution in [1.29, 1.82) is 0 Å². The molecule has 1 aromatic carbocycles. The Balaban J connectivity index is 1.92. The predicted molar refractivity (Wildman–Crippen MR) is 72.6 cm³/mol. The van der Waals surface area contributed by atoms with Gasteiger partial charge in [0.25, 0.3) is 0 Å². The number of nitrogens with two attached hydrogens (primary N) is 1. The highest BCUT2D eigenvalue weighted by molar-refractivity contribution is 5.81. The van der Waals surface area contributed by atoms with Crippen LogP contribution in [-0.4, -0.2) is 31.3 Å². The summed E-state index contributed by atoms with van der Waals surface area (Å²) in [4.78, 5) is 1.47. The van der Waals surface area contributed by atoms with Crippen molar-refractivity contribution in [2.24, 2.45) is 12.8 Å². The Labute approximate surface area is 110 Å². The third-order valence-corrected chi connectivity index (χ3v) is 3.13. The first kappa shape index (κ1) is 11.9. The number of hydrogen-bond acceptors (Lipinski definition) is 4. The Bertz CT molecular complexity index is 696. The fourth-order valence-electron chi connectivity index (χ4n) is 2.25. The molecule has 3 aromatic rings. The number of benzene rings is 1. The quantitative estimate of drug-likeness (QED) is 0.746. The standard InChI is InChI=1S/C13H16N6/c1-18-16-13(15-17-18)9-19-7-5-11-8-10(4-6-14)2-3-12(11)19/h2-3,5,7-8H,4,6,9,14H2,1H3. The van der Waals surface area contributed by atoms with E-state index in [-0.39, 0.29) is 0 Å². The Kier molecular flexibility index (Phi) is 3.00. The summed E-state index contributed by atoms with van der Waals surface area (Å²) in [5, 5.41) is 13.3. The molecule has 0 fully saturated rings. The normalized spacial score (nSPS) is 11.3. The summed E-state index contributed by atoms with van der Waals surface area (Å²) in [7, 11) is 1.77. The second-order valence-electron chi connectivity index (χ2n) is 4.57. The van der Waals surface area contributed by atoms with Gasteiger partial charge in [0.05, 0.1) is 13.6 Å². The highest BCUT2D eigenvalue weighted by Crippen LogP contribution is 2.18. The van der Waals surface area contributed by atoms with E-state index in [1.807, 2.05) is 6.20 Å². The van der Waals surface area contributed by atoms with Gasteiger partial charge in [-0.2, -0.15) is 4.80 Å². The smallest absolute Gasteiger partial charge is 0.194 e. The molecule has 6 nitrogen and oxygen atoms in total. The van der Waals surface area contributed by atoms with Gasteiger partial charge in [-0.1, -0.05) is 6.07 Å². The molecule has 2 heterocycles. The minimum absolute atomic E-state index is 0.633. The van der Waals surface area contributed by atoms with Crippen LogP contribution in [0.3, 0.4) is 0 Å². The van der Waals surface area contributed by atoms with Gasteiger partial charge in [0.1, 0.15) is 0 Å². The van der Waals surface area contributed by atoms with Gasteiger partial charge in [-0.05, 0) is 47.3 Å². The van der Waals surface area contributed by atoms with E-state index in [0.29, 0.717) is 18.9 Å². The molecule has 2 aromatic heterocycles. The van der Waals surface area contributed by atoms with Crippen molar-refractivity contribution in [3.05, 3.63) is 41.9 Å². The number of aromatic nitrogens is 5. The largest absolute Gasteiger partial charge is 0.340 e. The van der Waals surface area contributed by atoms with Gasteiger partial charge in [-0.3, -0.25) is 0 Å². The zero-order valence-corrected chi connectivity index (χ0v) is 10.8. The van der Waals surface area contributed by atoms with E-state index in [4.69, 9.17) is 5.73 Å². The summed E-state index contributed by atoms with van der Waals surface area (Å²) in [5.74, 6) is 0.714. The van der Waals surface area contributed by atoms with E-state index < -0.39 is 0 Å². The molecule has 0 radical (unpaired) electrons. The van der Waals surface area contributed by atoms with Crippen molar-refractivity contribution >= 4 is 10.9 Å². The van der Waals surface area contributed by atoms with E-state index in [1.165, 1.54) is 21.3 Å². The van der Waals surface area contributed by atoms with Gasteiger partial charge in [-0.25, -0.2) is 0 Å². The average molecular weight is 256 g/mol. The van der Waals surface area contributed by atoms with Crippen LogP contribution in [0.25, 0.3) is 10.9 Å². The second kappa shape index (κ2) is 4.81. The van der Waals surface area contributed by atoms with Crippen LogP contribution in [0.15, 0.2) is 30.5 Å². The average Bonchev–Trinajstić information content (AvgIpc) is 2.97. The van der Waals surface area contributed by atoms with Gasteiger partial charge in [0, 0.05) is 11.7 Å². The fraction of sp³-hybridized carbons (Fsp3) is 0.308. The lowest BCUT2D eigenvalue weighted by atomic mass is 10.1. The van der Waals surface area contributed by atoms with Crippen molar-refractivity contribution < 1.29 is 0 Å². The maximum atomic E-state index is 5.58. The highest BCUT2D eigenvalue weighted by atomic mass is 15.6. The molecule has 3 rings (SSSR count). The van der Waals surface area contributed by atoms with Gasteiger partial charge < -0.3 is 10.3 Å². The molecule has 6 heteroatoms. The van der Waals surface area contributed by atoms with E-state index in [2.05, 4.69) is 44.2 Å². The highest BCUT2D eigenvalue weighted by Gasteiger charge is 2.06. The molecule has 0 aliphatic rings. The van der Waals surface area contributed by atoms with Crippen molar-refractivity contribution in [3.63, 3.8) is 0 Å². The van der Waals surface area contributed by atoms with E-state index in [0.717, 1.165) is 6.42 Å².